The third-order valence-electron chi connectivity index (χ3n) is 7.77. The number of sulfonamides is 1. The first-order chi connectivity index (χ1) is 18.9. The number of amides is 1. The second-order valence-electron chi connectivity index (χ2n) is 10.6. The Labute approximate surface area is 237 Å². The van der Waals surface area contributed by atoms with Gasteiger partial charge in [-0.25, -0.2) is 13.4 Å². The lowest BCUT2D eigenvalue weighted by Gasteiger charge is -2.35. The Morgan fingerprint density at radius 3 is 2.25 bits per heavy atom. The lowest BCUT2D eigenvalue weighted by molar-refractivity contribution is -0.137. The molecule has 40 heavy (non-hydrogen) atoms. The highest BCUT2D eigenvalue weighted by Crippen LogP contribution is 2.33. The van der Waals surface area contributed by atoms with Crippen molar-refractivity contribution >= 4 is 39.0 Å². The van der Waals surface area contributed by atoms with Gasteiger partial charge in [-0.1, -0.05) is 11.6 Å². The lowest BCUT2D eigenvalue weighted by Crippen LogP contribution is -2.49. The van der Waals surface area contributed by atoms with Crippen LogP contribution in [0.1, 0.15) is 12.0 Å². The minimum absolute atomic E-state index is 0.0363. The second kappa shape index (κ2) is 11.4. The fraction of sp³-hybridized carbons (Fsp3) is 0.538. The highest BCUT2D eigenvalue weighted by molar-refractivity contribution is 7.89. The summed E-state index contributed by atoms with van der Waals surface area (Å²) in [6.45, 7) is 5.99. The minimum Gasteiger partial charge on any atom is -0.354 e. The van der Waals surface area contributed by atoms with Crippen LogP contribution in [0, 0.1) is 5.92 Å². The third-order valence-corrected chi connectivity index (χ3v) is 9.88. The van der Waals surface area contributed by atoms with Crippen LogP contribution in [0.25, 0.3) is 0 Å². The number of benzene rings is 1. The molecule has 1 amide bonds. The molecule has 0 N–H and O–H groups in total. The number of carbonyl (C=O) groups excluding carboxylic acids is 1. The molecule has 0 aliphatic carbocycles. The second-order valence-corrected chi connectivity index (χ2v) is 12.9. The number of likely N-dealkylation sites (N-methyl/N-ethyl adjacent to an activating group) is 1. The molecular weight excluding hydrogens is 569 g/mol. The van der Waals surface area contributed by atoms with Crippen molar-refractivity contribution < 1.29 is 26.4 Å². The van der Waals surface area contributed by atoms with Crippen LogP contribution in [-0.2, 0) is 21.0 Å². The molecule has 2 aromatic rings. The molecule has 3 aliphatic rings. The van der Waals surface area contributed by atoms with E-state index in [-0.39, 0.29) is 53.9 Å². The molecule has 0 bridgehead atoms. The molecule has 5 rings (SSSR count). The molecular formula is C26H32ClF3N6O3S. The third kappa shape index (κ3) is 6.38. The first kappa shape index (κ1) is 29.1. The summed E-state index contributed by atoms with van der Waals surface area (Å²) in [4.78, 5) is 24.9. The summed E-state index contributed by atoms with van der Waals surface area (Å²) >= 11 is 5.81. The van der Waals surface area contributed by atoms with Gasteiger partial charge in [0.05, 0.1) is 10.5 Å². The summed E-state index contributed by atoms with van der Waals surface area (Å²) in [6, 6.07) is 8.02. The fourth-order valence-electron chi connectivity index (χ4n) is 5.46. The van der Waals surface area contributed by atoms with E-state index in [4.69, 9.17) is 11.6 Å². The van der Waals surface area contributed by atoms with Crippen LogP contribution >= 0.6 is 11.6 Å². The van der Waals surface area contributed by atoms with E-state index in [1.54, 1.807) is 21.9 Å². The van der Waals surface area contributed by atoms with E-state index in [2.05, 4.69) is 21.8 Å². The molecule has 4 heterocycles. The number of carbonyl (C=O) groups is 1. The van der Waals surface area contributed by atoms with Gasteiger partial charge in [-0.3, -0.25) is 4.79 Å². The largest absolute Gasteiger partial charge is 0.416 e. The normalized spacial score (nSPS) is 22.3. The summed E-state index contributed by atoms with van der Waals surface area (Å²) < 4.78 is 67.4. The number of halogens is 4. The number of nitrogens with zero attached hydrogens (tertiary/aromatic N) is 6. The van der Waals surface area contributed by atoms with Crippen molar-refractivity contribution in [2.75, 3.05) is 82.3 Å². The summed E-state index contributed by atoms with van der Waals surface area (Å²) in [5.74, 6) is 0.327. The van der Waals surface area contributed by atoms with Crippen molar-refractivity contribution in [1.82, 2.24) is 19.1 Å². The highest BCUT2D eigenvalue weighted by atomic mass is 35.5. The van der Waals surface area contributed by atoms with E-state index >= 15 is 0 Å². The molecule has 9 nitrogen and oxygen atoms in total. The van der Waals surface area contributed by atoms with Crippen LogP contribution in [0.3, 0.4) is 0 Å². The van der Waals surface area contributed by atoms with Gasteiger partial charge in [0.2, 0.25) is 15.9 Å². The maximum absolute atomic E-state index is 13.3. The van der Waals surface area contributed by atoms with Gasteiger partial charge in [0, 0.05) is 77.6 Å². The van der Waals surface area contributed by atoms with Crippen molar-refractivity contribution in [3.05, 3.63) is 47.1 Å². The number of pyridine rings is 1. The molecule has 1 atom stereocenters. The molecule has 3 aliphatic heterocycles. The lowest BCUT2D eigenvalue weighted by atomic mass is 10.1. The number of alkyl halides is 3. The van der Waals surface area contributed by atoms with E-state index in [0.717, 1.165) is 44.9 Å². The Balaban J connectivity index is 1.20. The minimum atomic E-state index is -4.57. The first-order valence-electron chi connectivity index (χ1n) is 13.2. The van der Waals surface area contributed by atoms with Gasteiger partial charge in [0.15, 0.2) is 0 Å². The van der Waals surface area contributed by atoms with Gasteiger partial charge in [0.1, 0.15) is 11.0 Å². The maximum Gasteiger partial charge on any atom is 0.416 e. The summed E-state index contributed by atoms with van der Waals surface area (Å²) in [5, 5.41) is -0.276. The Morgan fingerprint density at radius 2 is 1.62 bits per heavy atom. The van der Waals surface area contributed by atoms with Crippen LogP contribution in [0.4, 0.5) is 24.7 Å². The first-order valence-corrected chi connectivity index (χ1v) is 15.0. The van der Waals surface area contributed by atoms with E-state index in [9.17, 15) is 26.4 Å². The van der Waals surface area contributed by atoms with E-state index in [0.29, 0.717) is 18.7 Å². The summed E-state index contributed by atoms with van der Waals surface area (Å²) in [6.07, 6.45) is -4.09. The average Bonchev–Trinajstić information content (AvgIpc) is 3.29. The Kier molecular flexibility index (Phi) is 8.31. The van der Waals surface area contributed by atoms with Crippen molar-refractivity contribution in [1.29, 1.82) is 0 Å². The molecule has 14 heteroatoms. The zero-order valence-corrected chi connectivity index (χ0v) is 23.7. The summed E-state index contributed by atoms with van der Waals surface area (Å²) in [5.41, 5.74) is -0.234. The van der Waals surface area contributed by atoms with Crippen LogP contribution in [0.15, 0.2) is 41.3 Å². The predicted octanol–water partition coefficient (Wildman–Crippen LogP) is 2.87. The molecule has 3 saturated heterocycles. The fourth-order valence-corrected chi connectivity index (χ4v) is 7.09. The molecule has 1 unspecified atom stereocenters. The maximum atomic E-state index is 13.3. The molecule has 0 radical (unpaired) electrons. The number of anilines is 2. The van der Waals surface area contributed by atoms with Crippen molar-refractivity contribution in [3.8, 4) is 0 Å². The van der Waals surface area contributed by atoms with E-state index < -0.39 is 21.8 Å². The van der Waals surface area contributed by atoms with Crippen LogP contribution in [0.2, 0.25) is 5.15 Å². The zero-order chi connectivity index (χ0) is 28.7. The standard InChI is InChI=1S/C26H32ClF3N6O3S/c1-32-6-8-33(9-7-32)17-19-14-25(37)36(18-19)21-2-4-22(5-3-21)40(38,39)35-12-10-34(11-13-35)24-16-20(26(28,29)30)15-23(27)31-24/h2-5,15-16,19H,6-14,17-18H2,1H3. The summed E-state index contributed by atoms with van der Waals surface area (Å²) in [7, 11) is -1.72. The number of aromatic nitrogens is 1. The van der Waals surface area contributed by atoms with E-state index in [1.165, 1.54) is 16.4 Å². The van der Waals surface area contributed by atoms with Gasteiger partial charge in [0.25, 0.3) is 0 Å². The Morgan fingerprint density at radius 1 is 0.975 bits per heavy atom. The number of hydrogen-bond donors (Lipinski definition) is 0. The smallest absolute Gasteiger partial charge is 0.354 e. The average molecular weight is 601 g/mol. The van der Waals surface area contributed by atoms with Gasteiger partial charge in [-0.15, -0.1) is 0 Å². The van der Waals surface area contributed by atoms with Gasteiger partial charge >= 0.3 is 6.18 Å². The molecule has 1 aromatic heterocycles. The van der Waals surface area contributed by atoms with Crippen LogP contribution < -0.4 is 9.80 Å². The zero-order valence-electron chi connectivity index (χ0n) is 22.1. The quantitative estimate of drug-likeness (QED) is 0.472. The number of rotatable bonds is 6. The predicted molar refractivity (Wildman–Crippen MR) is 146 cm³/mol. The molecule has 0 spiro atoms. The topological polar surface area (TPSA) is 80.3 Å². The number of hydrogen-bond acceptors (Lipinski definition) is 7. The van der Waals surface area contributed by atoms with Crippen molar-refractivity contribution in [2.24, 2.45) is 5.92 Å². The van der Waals surface area contributed by atoms with Crippen molar-refractivity contribution in [3.63, 3.8) is 0 Å². The SMILES string of the molecule is CN1CCN(CC2CC(=O)N(c3ccc(S(=O)(=O)N4CCN(c5cc(C(F)(F)F)cc(Cl)n5)CC4)cc3)C2)CC1. The Bertz CT molecular complexity index is 1330. The molecule has 3 fully saturated rings. The number of piperazine rings is 2. The van der Waals surface area contributed by atoms with Gasteiger partial charge in [-0.05, 0) is 49.4 Å². The molecule has 1 aromatic carbocycles. The van der Waals surface area contributed by atoms with Crippen LogP contribution in [0.5, 0.6) is 0 Å². The van der Waals surface area contributed by atoms with E-state index in [1.807, 2.05) is 0 Å². The highest BCUT2D eigenvalue weighted by Gasteiger charge is 2.35. The van der Waals surface area contributed by atoms with Gasteiger partial charge in [-0.2, -0.15) is 17.5 Å². The van der Waals surface area contributed by atoms with Crippen LogP contribution in [-0.4, -0.2) is 106 Å². The van der Waals surface area contributed by atoms with Gasteiger partial charge < -0.3 is 19.6 Å². The molecule has 0 saturated carbocycles. The molecule has 218 valence electrons. The Hall–Kier alpha value is -2.45. The monoisotopic (exact) mass is 600 g/mol. The van der Waals surface area contributed by atoms with Crippen molar-refractivity contribution in [2.45, 2.75) is 17.5 Å².